The Kier molecular flexibility index (Phi) is 6.59. The molecule has 0 fully saturated rings. The highest BCUT2D eigenvalue weighted by Gasteiger charge is 2.25. The lowest BCUT2D eigenvalue weighted by Gasteiger charge is -2.17. The molecule has 0 aromatic carbocycles. The van der Waals surface area contributed by atoms with E-state index >= 15 is 0 Å². The second-order valence-corrected chi connectivity index (χ2v) is 6.31. The van der Waals surface area contributed by atoms with Gasteiger partial charge in [-0.25, -0.2) is 8.42 Å². The van der Waals surface area contributed by atoms with Gasteiger partial charge in [0.05, 0.1) is 12.4 Å². The molecule has 5 nitrogen and oxygen atoms in total. The summed E-state index contributed by atoms with van der Waals surface area (Å²) in [5, 5.41) is 2.59. The van der Waals surface area contributed by atoms with Crippen molar-refractivity contribution >= 4 is 15.8 Å². The first-order valence-electron chi connectivity index (χ1n) is 5.35. The van der Waals surface area contributed by atoms with Crippen LogP contribution in [0.25, 0.3) is 0 Å². The van der Waals surface area contributed by atoms with Crippen LogP contribution in [0.4, 0.5) is 0 Å². The molecule has 0 aromatic heterocycles. The van der Waals surface area contributed by atoms with Crippen LogP contribution in [0.1, 0.15) is 27.2 Å². The highest BCUT2D eigenvalue weighted by atomic mass is 32.2. The predicted octanol–water partition coefficient (Wildman–Crippen LogP) is 0.351. The van der Waals surface area contributed by atoms with Crippen LogP contribution >= 0.6 is 0 Å². The van der Waals surface area contributed by atoms with Crippen LogP contribution in [0, 0.1) is 0 Å². The molecule has 0 radical (unpaired) electrons. The molecule has 0 heterocycles. The van der Waals surface area contributed by atoms with E-state index in [4.69, 9.17) is 0 Å². The van der Waals surface area contributed by atoms with Gasteiger partial charge >= 0.3 is 5.97 Å². The largest absolute Gasteiger partial charge is 0.468 e. The van der Waals surface area contributed by atoms with E-state index in [1.807, 2.05) is 13.8 Å². The highest BCUT2D eigenvalue weighted by molar-refractivity contribution is 7.92. The molecular weight excluding hydrogens is 230 g/mol. The predicted molar refractivity (Wildman–Crippen MR) is 63.0 cm³/mol. The first-order chi connectivity index (χ1) is 7.33. The minimum atomic E-state index is -3.40. The molecule has 0 amide bonds. The van der Waals surface area contributed by atoms with E-state index in [9.17, 15) is 13.2 Å². The lowest BCUT2D eigenvalue weighted by molar-refractivity contribution is -0.137. The molecule has 0 aliphatic rings. The molecule has 6 heteroatoms. The Morgan fingerprint density at radius 1 is 1.38 bits per heavy atom. The quantitative estimate of drug-likeness (QED) is 0.661. The average Bonchev–Trinajstić information content (AvgIpc) is 2.17. The fraction of sp³-hybridized carbons (Fsp3) is 0.900. The first-order valence-corrected chi connectivity index (χ1v) is 7.06. The van der Waals surface area contributed by atoms with E-state index in [1.54, 1.807) is 6.92 Å². The molecule has 0 aliphatic carbocycles. The Morgan fingerprint density at radius 2 is 1.94 bits per heavy atom. The van der Waals surface area contributed by atoms with Gasteiger partial charge in [-0.15, -0.1) is 0 Å². The van der Waals surface area contributed by atoms with E-state index < -0.39 is 26.8 Å². The molecular formula is C10H21NO4S. The van der Waals surface area contributed by atoms with Gasteiger partial charge in [-0.2, -0.15) is 0 Å². The van der Waals surface area contributed by atoms with Gasteiger partial charge < -0.3 is 10.1 Å². The lowest BCUT2D eigenvalue weighted by Crippen LogP contribution is -2.34. The standard InChI is InChI=1S/C10H21NO4S/c1-5-11-8(2)6-9(3)16(13,14)7-10(12)15-4/h8-9,11H,5-7H2,1-4H3. The molecule has 16 heavy (non-hydrogen) atoms. The number of methoxy groups -OCH3 is 1. The Balaban J connectivity index is 4.35. The number of carbonyl (C=O) groups is 1. The van der Waals surface area contributed by atoms with Crippen LogP contribution in [-0.2, 0) is 19.4 Å². The Hall–Kier alpha value is -0.620. The normalized spacial score (nSPS) is 15.5. The van der Waals surface area contributed by atoms with Crippen molar-refractivity contribution in [2.75, 3.05) is 19.4 Å². The van der Waals surface area contributed by atoms with Gasteiger partial charge in [0.25, 0.3) is 0 Å². The van der Waals surface area contributed by atoms with Crippen molar-refractivity contribution < 1.29 is 17.9 Å². The molecule has 0 saturated carbocycles. The van der Waals surface area contributed by atoms with Crippen LogP contribution in [-0.4, -0.2) is 45.1 Å². The Morgan fingerprint density at radius 3 is 2.38 bits per heavy atom. The van der Waals surface area contributed by atoms with Crippen LogP contribution in [0.3, 0.4) is 0 Å². The Bertz CT molecular complexity index is 313. The topological polar surface area (TPSA) is 72.5 Å². The minimum Gasteiger partial charge on any atom is -0.468 e. The fourth-order valence-electron chi connectivity index (χ4n) is 1.44. The lowest BCUT2D eigenvalue weighted by atomic mass is 10.2. The van der Waals surface area contributed by atoms with Gasteiger partial charge in [0.1, 0.15) is 5.75 Å². The maximum absolute atomic E-state index is 11.7. The smallest absolute Gasteiger partial charge is 0.320 e. The van der Waals surface area contributed by atoms with Gasteiger partial charge in [0.2, 0.25) is 0 Å². The zero-order valence-electron chi connectivity index (χ0n) is 10.3. The zero-order chi connectivity index (χ0) is 12.8. The third-order valence-electron chi connectivity index (χ3n) is 2.40. The van der Waals surface area contributed by atoms with Crippen molar-refractivity contribution in [3.05, 3.63) is 0 Å². The monoisotopic (exact) mass is 251 g/mol. The Labute approximate surface area is 97.5 Å². The van der Waals surface area contributed by atoms with E-state index in [-0.39, 0.29) is 6.04 Å². The van der Waals surface area contributed by atoms with E-state index in [0.29, 0.717) is 6.42 Å². The molecule has 0 rings (SSSR count). The van der Waals surface area contributed by atoms with E-state index in [2.05, 4.69) is 10.1 Å². The summed E-state index contributed by atoms with van der Waals surface area (Å²) in [5.41, 5.74) is 0. The van der Waals surface area contributed by atoms with Crippen molar-refractivity contribution in [2.45, 2.75) is 38.5 Å². The number of esters is 1. The van der Waals surface area contributed by atoms with Gasteiger partial charge in [-0.1, -0.05) is 6.92 Å². The van der Waals surface area contributed by atoms with E-state index in [1.165, 1.54) is 7.11 Å². The van der Waals surface area contributed by atoms with Crippen molar-refractivity contribution in [3.63, 3.8) is 0 Å². The van der Waals surface area contributed by atoms with Gasteiger partial charge in [-0.3, -0.25) is 4.79 Å². The van der Waals surface area contributed by atoms with Gasteiger partial charge in [-0.05, 0) is 26.8 Å². The summed E-state index contributed by atoms with van der Waals surface area (Å²) in [5.74, 6) is -1.24. The molecule has 2 atom stereocenters. The average molecular weight is 251 g/mol. The van der Waals surface area contributed by atoms with Crippen LogP contribution in [0.5, 0.6) is 0 Å². The second-order valence-electron chi connectivity index (χ2n) is 3.89. The van der Waals surface area contributed by atoms with Crippen LogP contribution in [0.2, 0.25) is 0 Å². The van der Waals surface area contributed by atoms with Crippen molar-refractivity contribution in [3.8, 4) is 0 Å². The van der Waals surface area contributed by atoms with Crippen molar-refractivity contribution in [1.29, 1.82) is 0 Å². The molecule has 1 N–H and O–H groups in total. The SMILES string of the molecule is CCNC(C)CC(C)S(=O)(=O)CC(=O)OC. The number of rotatable bonds is 7. The maximum Gasteiger partial charge on any atom is 0.320 e. The molecule has 0 saturated heterocycles. The van der Waals surface area contributed by atoms with Crippen LogP contribution < -0.4 is 5.32 Å². The number of carbonyl (C=O) groups excluding carboxylic acids is 1. The molecule has 0 spiro atoms. The second kappa shape index (κ2) is 6.85. The summed E-state index contributed by atoms with van der Waals surface area (Å²) >= 11 is 0. The van der Waals surface area contributed by atoms with Gasteiger partial charge in [0.15, 0.2) is 9.84 Å². The van der Waals surface area contributed by atoms with E-state index in [0.717, 1.165) is 6.54 Å². The minimum absolute atomic E-state index is 0.118. The summed E-state index contributed by atoms with van der Waals surface area (Å²) in [6.45, 7) is 6.30. The first kappa shape index (κ1) is 15.4. The zero-order valence-corrected chi connectivity index (χ0v) is 11.1. The number of sulfone groups is 1. The summed E-state index contributed by atoms with van der Waals surface area (Å²) < 4.78 is 27.8. The van der Waals surface area contributed by atoms with Crippen molar-refractivity contribution in [2.24, 2.45) is 0 Å². The molecule has 0 bridgehead atoms. The molecule has 2 unspecified atom stereocenters. The molecule has 96 valence electrons. The summed E-state index contributed by atoms with van der Waals surface area (Å²) in [4.78, 5) is 10.9. The fourth-order valence-corrected chi connectivity index (χ4v) is 2.75. The van der Waals surface area contributed by atoms with Gasteiger partial charge in [0, 0.05) is 6.04 Å². The molecule has 0 aliphatic heterocycles. The number of hydrogen-bond acceptors (Lipinski definition) is 5. The summed E-state index contributed by atoms with van der Waals surface area (Å²) in [6, 6.07) is 0.118. The third kappa shape index (κ3) is 5.46. The summed E-state index contributed by atoms with van der Waals surface area (Å²) in [6.07, 6.45) is 0.493. The highest BCUT2D eigenvalue weighted by Crippen LogP contribution is 2.09. The molecule has 0 aromatic rings. The maximum atomic E-state index is 11.7. The number of ether oxygens (including phenoxy) is 1. The van der Waals surface area contributed by atoms with Crippen LogP contribution in [0.15, 0.2) is 0 Å². The summed E-state index contributed by atoms with van der Waals surface area (Å²) in [7, 11) is -2.22. The van der Waals surface area contributed by atoms with Crippen molar-refractivity contribution in [1.82, 2.24) is 5.32 Å². The number of nitrogens with one attached hydrogen (secondary N) is 1. The third-order valence-corrected chi connectivity index (χ3v) is 4.45. The number of hydrogen-bond donors (Lipinski definition) is 1.